The number of carbonyl (C=O) groups excluding carboxylic acids is 2. The van der Waals surface area contributed by atoms with Crippen molar-refractivity contribution in [2.75, 3.05) is 0 Å². The van der Waals surface area contributed by atoms with Crippen LogP contribution in [-0.4, -0.2) is 28.8 Å². The number of unbranched alkanes of at least 4 members (excludes halogenated alkanes) is 7. The minimum atomic E-state index is -1.08. The Bertz CT molecular complexity index is 382. The summed E-state index contributed by atoms with van der Waals surface area (Å²) < 4.78 is 0. The van der Waals surface area contributed by atoms with E-state index < -0.39 is 23.8 Å². The van der Waals surface area contributed by atoms with Crippen molar-refractivity contribution in [3.05, 3.63) is 0 Å². The lowest BCUT2D eigenvalue weighted by Crippen LogP contribution is -2.43. The summed E-state index contributed by atoms with van der Waals surface area (Å²) in [5.74, 6) is -2.26. The van der Waals surface area contributed by atoms with Crippen molar-refractivity contribution in [3.63, 3.8) is 0 Å². The van der Waals surface area contributed by atoms with Gasteiger partial charge >= 0.3 is 5.97 Å². The van der Waals surface area contributed by atoms with Gasteiger partial charge in [0.2, 0.25) is 5.91 Å². The summed E-state index contributed by atoms with van der Waals surface area (Å²) in [4.78, 5) is 35.6. The Hall–Kier alpha value is -1.39. The second-order valence-electron chi connectivity index (χ2n) is 6.60. The van der Waals surface area contributed by atoms with Crippen molar-refractivity contribution in [1.82, 2.24) is 5.32 Å². The van der Waals surface area contributed by atoms with Gasteiger partial charge in [0.15, 0.2) is 0 Å². The summed E-state index contributed by atoms with van der Waals surface area (Å²) in [5.41, 5.74) is 0. The first-order valence-electron chi connectivity index (χ1n) is 9.49. The lowest BCUT2D eigenvalue weighted by Gasteiger charge is -2.18. The summed E-state index contributed by atoms with van der Waals surface area (Å²) >= 11 is 0. The molecule has 0 aliphatic carbocycles. The van der Waals surface area contributed by atoms with E-state index in [1.807, 2.05) is 0 Å². The molecule has 5 nitrogen and oxygen atoms in total. The molecule has 2 atom stereocenters. The molecule has 5 heteroatoms. The minimum absolute atomic E-state index is 0.0434. The highest BCUT2D eigenvalue weighted by Crippen LogP contribution is 2.17. The van der Waals surface area contributed by atoms with Crippen molar-refractivity contribution in [2.24, 2.45) is 5.92 Å². The monoisotopic (exact) mass is 341 g/mol. The zero-order valence-corrected chi connectivity index (χ0v) is 15.6. The van der Waals surface area contributed by atoms with Gasteiger partial charge in [-0.1, -0.05) is 65.2 Å². The fourth-order valence-corrected chi connectivity index (χ4v) is 2.67. The quantitative estimate of drug-likeness (QED) is 0.347. The van der Waals surface area contributed by atoms with Crippen LogP contribution in [0.2, 0.25) is 0 Å². The summed E-state index contributed by atoms with van der Waals surface area (Å²) in [6.45, 7) is 5.68. The van der Waals surface area contributed by atoms with Crippen LogP contribution in [0.15, 0.2) is 0 Å². The molecule has 0 saturated carbocycles. The summed E-state index contributed by atoms with van der Waals surface area (Å²) in [6, 6.07) is -0.965. The number of hydrogen-bond donors (Lipinski definition) is 2. The van der Waals surface area contributed by atoms with Crippen molar-refractivity contribution in [2.45, 2.75) is 97.4 Å². The maximum atomic E-state index is 12.4. The second-order valence-corrected chi connectivity index (χ2v) is 6.60. The van der Waals surface area contributed by atoms with Gasteiger partial charge in [-0.05, 0) is 19.8 Å². The highest BCUT2D eigenvalue weighted by molar-refractivity contribution is 6.02. The van der Waals surface area contributed by atoms with E-state index >= 15 is 0 Å². The van der Waals surface area contributed by atoms with Gasteiger partial charge in [0, 0.05) is 6.42 Å². The lowest BCUT2D eigenvalue weighted by molar-refractivity contribution is -0.143. The van der Waals surface area contributed by atoms with Gasteiger partial charge in [-0.2, -0.15) is 0 Å². The number of carboxylic acid groups (broad SMARTS) is 1. The van der Waals surface area contributed by atoms with Gasteiger partial charge in [0.05, 0.1) is 5.92 Å². The maximum absolute atomic E-state index is 12.4. The molecule has 0 spiro atoms. The van der Waals surface area contributed by atoms with Crippen molar-refractivity contribution >= 4 is 17.7 Å². The lowest BCUT2D eigenvalue weighted by atomic mass is 9.92. The Kier molecular flexibility index (Phi) is 13.2. The van der Waals surface area contributed by atoms with Crippen LogP contribution in [0.25, 0.3) is 0 Å². The Morgan fingerprint density at radius 3 is 1.96 bits per heavy atom. The van der Waals surface area contributed by atoms with Crippen molar-refractivity contribution < 1.29 is 19.5 Å². The number of aliphatic carboxylic acids is 1. The van der Waals surface area contributed by atoms with Crippen LogP contribution in [0.4, 0.5) is 0 Å². The topological polar surface area (TPSA) is 83.5 Å². The first-order chi connectivity index (χ1) is 11.4. The molecule has 0 aromatic carbocycles. The highest BCUT2D eigenvalue weighted by Gasteiger charge is 2.27. The van der Waals surface area contributed by atoms with E-state index in [1.54, 1.807) is 0 Å². The number of carboxylic acids is 1. The molecule has 0 rings (SSSR count). The molecule has 140 valence electrons. The zero-order valence-electron chi connectivity index (χ0n) is 15.6. The van der Waals surface area contributed by atoms with E-state index in [4.69, 9.17) is 5.11 Å². The molecule has 0 heterocycles. The predicted octanol–water partition coefficient (Wildman–Crippen LogP) is 4.09. The molecule has 0 bridgehead atoms. The average Bonchev–Trinajstić information content (AvgIpc) is 2.54. The molecule has 0 aliphatic rings. The molecule has 24 heavy (non-hydrogen) atoms. The molecule has 0 aromatic rings. The fraction of sp³-hybridized carbons (Fsp3) is 0.842. The number of carbonyl (C=O) groups is 3. The maximum Gasteiger partial charge on any atom is 0.325 e. The first-order valence-corrected chi connectivity index (χ1v) is 9.49. The number of amides is 1. The molecule has 0 radical (unpaired) electrons. The summed E-state index contributed by atoms with van der Waals surface area (Å²) in [6.07, 6.45) is 10.2. The van der Waals surface area contributed by atoms with Crippen molar-refractivity contribution in [1.29, 1.82) is 0 Å². The first kappa shape index (κ1) is 22.6. The molecule has 0 fully saturated rings. The van der Waals surface area contributed by atoms with Gasteiger partial charge in [-0.15, -0.1) is 0 Å². The van der Waals surface area contributed by atoms with E-state index in [9.17, 15) is 14.4 Å². The number of hydrogen-bond acceptors (Lipinski definition) is 3. The molecule has 0 saturated heterocycles. The zero-order chi connectivity index (χ0) is 18.4. The van der Waals surface area contributed by atoms with Gasteiger partial charge in [0.1, 0.15) is 11.8 Å². The van der Waals surface area contributed by atoms with Gasteiger partial charge in [0.25, 0.3) is 0 Å². The summed E-state index contributed by atoms with van der Waals surface area (Å²) in [7, 11) is 0. The third kappa shape index (κ3) is 10.4. The van der Waals surface area contributed by atoms with Crippen LogP contribution in [0, 0.1) is 5.92 Å². The Morgan fingerprint density at radius 2 is 1.42 bits per heavy atom. The van der Waals surface area contributed by atoms with Crippen LogP contribution in [0.3, 0.4) is 0 Å². The molecule has 0 aliphatic heterocycles. The SMILES string of the molecule is CCCCCCCC(=O)C(CCCCCC)C(=O)N[C@@H](C)C(=O)O. The molecule has 2 N–H and O–H groups in total. The third-order valence-electron chi connectivity index (χ3n) is 4.31. The van der Waals surface area contributed by atoms with Gasteiger partial charge < -0.3 is 10.4 Å². The van der Waals surface area contributed by atoms with E-state index in [0.29, 0.717) is 12.8 Å². The van der Waals surface area contributed by atoms with Gasteiger partial charge in [-0.3, -0.25) is 14.4 Å². The van der Waals surface area contributed by atoms with E-state index in [2.05, 4.69) is 19.2 Å². The van der Waals surface area contributed by atoms with Crippen LogP contribution in [-0.2, 0) is 14.4 Å². The molecule has 0 aromatic heterocycles. The summed E-state index contributed by atoms with van der Waals surface area (Å²) in [5, 5.41) is 11.4. The van der Waals surface area contributed by atoms with Crippen LogP contribution >= 0.6 is 0 Å². The predicted molar refractivity (Wildman–Crippen MR) is 95.9 cm³/mol. The molecule has 1 amide bonds. The van der Waals surface area contributed by atoms with E-state index in [-0.39, 0.29) is 5.78 Å². The Labute approximate surface area is 146 Å². The molecular formula is C19H35NO4. The van der Waals surface area contributed by atoms with Crippen LogP contribution < -0.4 is 5.32 Å². The smallest absolute Gasteiger partial charge is 0.325 e. The van der Waals surface area contributed by atoms with Gasteiger partial charge in [-0.25, -0.2) is 0 Å². The Morgan fingerprint density at radius 1 is 0.875 bits per heavy atom. The minimum Gasteiger partial charge on any atom is -0.480 e. The van der Waals surface area contributed by atoms with Crippen molar-refractivity contribution in [3.8, 4) is 0 Å². The Balaban J connectivity index is 4.51. The van der Waals surface area contributed by atoms with Crippen LogP contribution in [0.5, 0.6) is 0 Å². The van der Waals surface area contributed by atoms with E-state index in [1.165, 1.54) is 13.3 Å². The number of Topliss-reactive ketones (excluding diaryl/α,β-unsaturated/α-hetero) is 1. The molecule has 1 unspecified atom stereocenters. The average molecular weight is 341 g/mol. The van der Waals surface area contributed by atoms with E-state index in [0.717, 1.165) is 51.4 Å². The standard InChI is InChI=1S/C19H35NO4/c1-4-6-8-10-12-14-17(21)16(13-11-9-7-5-2)18(22)20-15(3)19(23)24/h15-16H,4-14H2,1-3H3,(H,20,22)(H,23,24)/t15-,16?/m0/s1. The van der Waals surface area contributed by atoms with Crippen LogP contribution in [0.1, 0.15) is 91.4 Å². The fourth-order valence-electron chi connectivity index (χ4n) is 2.67. The second kappa shape index (κ2) is 14.0. The molecular weight excluding hydrogens is 306 g/mol. The number of rotatable bonds is 15. The normalized spacial score (nSPS) is 13.3. The highest BCUT2D eigenvalue weighted by atomic mass is 16.4. The number of ketones is 1. The largest absolute Gasteiger partial charge is 0.480 e. The number of nitrogens with one attached hydrogen (secondary N) is 1. The third-order valence-corrected chi connectivity index (χ3v) is 4.31.